The predicted octanol–water partition coefficient (Wildman–Crippen LogP) is 3.08. The summed E-state index contributed by atoms with van der Waals surface area (Å²) in [6.45, 7) is 3.16. The summed E-state index contributed by atoms with van der Waals surface area (Å²) < 4.78 is 24.7. The van der Waals surface area contributed by atoms with E-state index >= 15 is 0 Å². The zero-order valence-electron chi connectivity index (χ0n) is 14.1. The minimum absolute atomic E-state index is 0.0185. The highest BCUT2D eigenvalue weighted by Crippen LogP contribution is 2.21. The van der Waals surface area contributed by atoms with Gasteiger partial charge < -0.3 is 10.6 Å². The number of rotatable bonds is 6. The van der Waals surface area contributed by atoms with Crippen molar-refractivity contribution in [1.29, 1.82) is 0 Å². The topological polar surface area (TPSA) is 92.3 Å². The SMILES string of the molecule is CCCS(=O)(=O)c1ccccc1C(=O)Nc1cccc(NC(C)=O)c1. The lowest BCUT2D eigenvalue weighted by atomic mass is 10.2. The molecule has 0 aliphatic carbocycles. The Balaban J connectivity index is 2.29. The van der Waals surface area contributed by atoms with Crippen molar-refractivity contribution in [3.05, 3.63) is 54.1 Å². The lowest BCUT2D eigenvalue weighted by molar-refractivity contribution is -0.114. The van der Waals surface area contributed by atoms with Gasteiger partial charge in [-0.3, -0.25) is 9.59 Å². The van der Waals surface area contributed by atoms with Crippen LogP contribution in [0.4, 0.5) is 11.4 Å². The number of hydrogen-bond donors (Lipinski definition) is 2. The molecule has 7 heteroatoms. The second-order valence-electron chi connectivity index (χ2n) is 5.53. The van der Waals surface area contributed by atoms with E-state index in [2.05, 4.69) is 10.6 Å². The van der Waals surface area contributed by atoms with Crippen molar-refractivity contribution in [2.75, 3.05) is 16.4 Å². The maximum Gasteiger partial charge on any atom is 0.256 e. The third kappa shape index (κ3) is 4.90. The van der Waals surface area contributed by atoms with Crippen molar-refractivity contribution >= 4 is 33.0 Å². The van der Waals surface area contributed by atoms with Crippen LogP contribution in [0, 0.1) is 0 Å². The number of amides is 2. The van der Waals surface area contributed by atoms with Crippen LogP contribution in [0.2, 0.25) is 0 Å². The summed E-state index contributed by atoms with van der Waals surface area (Å²) in [5.74, 6) is -0.760. The molecule has 25 heavy (non-hydrogen) atoms. The normalized spacial score (nSPS) is 11.0. The fourth-order valence-corrected chi connectivity index (χ4v) is 3.92. The van der Waals surface area contributed by atoms with Gasteiger partial charge in [0, 0.05) is 18.3 Å². The Morgan fingerprint density at radius 1 is 0.960 bits per heavy atom. The Bertz CT molecular complexity index is 891. The van der Waals surface area contributed by atoms with Crippen LogP contribution in [0.1, 0.15) is 30.6 Å². The van der Waals surface area contributed by atoms with E-state index in [1.165, 1.54) is 19.1 Å². The number of nitrogens with one attached hydrogen (secondary N) is 2. The van der Waals surface area contributed by atoms with Gasteiger partial charge >= 0.3 is 0 Å². The summed E-state index contributed by atoms with van der Waals surface area (Å²) in [5.41, 5.74) is 1.09. The van der Waals surface area contributed by atoms with Gasteiger partial charge in [0.1, 0.15) is 0 Å². The highest BCUT2D eigenvalue weighted by molar-refractivity contribution is 7.91. The van der Waals surface area contributed by atoms with Crippen molar-refractivity contribution in [3.8, 4) is 0 Å². The van der Waals surface area contributed by atoms with Gasteiger partial charge in [0.25, 0.3) is 5.91 Å². The first-order valence-electron chi connectivity index (χ1n) is 7.84. The monoisotopic (exact) mass is 360 g/mol. The molecule has 0 aliphatic rings. The first-order valence-corrected chi connectivity index (χ1v) is 9.49. The quantitative estimate of drug-likeness (QED) is 0.828. The molecule has 0 saturated carbocycles. The molecule has 2 amide bonds. The number of benzene rings is 2. The van der Waals surface area contributed by atoms with Gasteiger partial charge in [-0.1, -0.05) is 25.1 Å². The third-order valence-electron chi connectivity index (χ3n) is 3.38. The lowest BCUT2D eigenvalue weighted by Gasteiger charge is -2.11. The Kier molecular flexibility index (Phi) is 5.93. The van der Waals surface area contributed by atoms with Gasteiger partial charge in [-0.15, -0.1) is 0 Å². The van der Waals surface area contributed by atoms with Gasteiger partial charge in [-0.2, -0.15) is 0 Å². The Morgan fingerprint density at radius 3 is 2.24 bits per heavy atom. The highest BCUT2D eigenvalue weighted by Gasteiger charge is 2.21. The second-order valence-corrected chi connectivity index (χ2v) is 7.61. The van der Waals surface area contributed by atoms with Gasteiger partial charge in [0.2, 0.25) is 5.91 Å². The number of carbonyl (C=O) groups is 2. The van der Waals surface area contributed by atoms with E-state index < -0.39 is 15.7 Å². The smallest absolute Gasteiger partial charge is 0.256 e. The van der Waals surface area contributed by atoms with E-state index in [4.69, 9.17) is 0 Å². The van der Waals surface area contributed by atoms with Crippen LogP contribution < -0.4 is 10.6 Å². The Morgan fingerprint density at radius 2 is 1.60 bits per heavy atom. The summed E-state index contributed by atoms with van der Waals surface area (Å²) in [7, 11) is -3.52. The molecule has 2 rings (SSSR count). The maximum atomic E-state index is 12.6. The highest BCUT2D eigenvalue weighted by atomic mass is 32.2. The zero-order valence-corrected chi connectivity index (χ0v) is 14.9. The molecule has 132 valence electrons. The number of hydrogen-bond acceptors (Lipinski definition) is 4. The molecule has 0 heterocycles. The third-order valence-corrected chi connectivity index (χ3v) is 5.35. The fraction of sp³-hybridized carbons (Fsp3) is 0.222. The number of anilines is 2. The Hall–Kier alpha value is -2.67. The summed E-state index contributed by atoms with van der Waals surface area (Å²) in [6.07, 6.45) is 0.469. The van der Waals surface area contributed by atoms with E-state index in [1.807, 2.05) is 0 Å². The van der Waals surface area contributed by atoms with Gasteiger partial charge in [0.15, 0.2) is 9.84 Å². The van der Waals surface area contributed by atoms with Crippen LogP contribution in [0.5, 0.6) is 0 Å². The molecular weight excluding hydrogens is 340 g/mol. The van der Waals surface area contributed by atoms with Crippen LogP contribution in [-0.2, 0) is 14.6 Å². The van der Waals surface area contributed by atoms with Crippen LogP contribution in [0.3, 0.4) is 0 Å². The van der Waals surface area contributed by atoms with Crippen LogP contribution in [-0.4, -0.2) is 26.0 Å². The molecule has 0 atom stereocenters. The summed E-state index contributed by atoms with van der Waals surface area (Å²) in [4.78, 5) is 23.7. The van der Waals surface area contributed by atoms with Crippen molar-refractivity contribution in [1.82, 2.24) is 0 Å². The largest absolute Gasteiger partial charge is 0.326 e. The standard InChI is InChI=1S/C18H20N2O4S/c1-3-11-25(23,24)17-10-5-4-9-16(17)18(22)20-15-8-6-7-14(12-15)19-13(2)21/h4-10,12H,3,11H2,1-2H3,(H,19,21)(H,20,22). The van der Waals surface area contributed by atoms with Crippen molar-refractivity contribution in [2.45, 2.75) is 25.2 Å². The van der Waals surface area contributed by atoms with Crippen molar-refractivity contribution < 1.29 is 18.0 Å². The first kappa shape index (κ1) is 18.7. The average Bonchev–Trinajstić information content (AvgIpc) is 2.54. The number of carbonyl (C=O) groups excluding carboxylic acids is 2. The molecule has 0 spiro atoms. The predicted molar refractivity (Wildman–Crippen MR) is 97.5 cm³/mol. The molecule has 0 aliphatic heterocycles. The van der Waals surface area contributed by atoms with Crippen LogP contribution in [0.25, 0.3) is 0 Å². The van der Waals surface area contributed by atoms with E-state index in [9.17, 15) is 18.0 Å². The molecule has 0 radical (unpaired) electrons. The summed E-state index contributed by atoms with van der Waals surface area (Å²) in [5, 5.41) is 5.30. The van der Waals surface area contributed by atoms with Crippen molar-refractivity contribution in [2.24, 2.45) is 0 Å². The van der Waals surface area contributed by atoms with Gasteiger partial charge in [-0.25, -0.2) is 8.42 Å². The Labute approximate surface area is 147 Å². The summed E-state index contributed by atoms with van der Waals surface area (Å²) in [6, 6.07) is 12.8. The minimum Gasteiger partial charge on any atom is -0.326 e. The lowest BCUT2D eigenvalue weighted by Crippen LogP contribution is -2.18. The molecule has 0 fully saturated rings. The second kappa shape index (κ2) is 7.94. The van der Waals surface area contributed by atoms with E-state index in [1.54, 1.807) is 43.3 Å². The van der Waals surface area contributed by atoms with Gasteiger partial charge in [-0.05, 0) is 36.8 Å². The van der Waals surface area contributed by atoms with Crippen LogP contribution in [0.15, 0.2) is 53.4 Å². The average molecular weight is 360 g/mol. The maximum absolute atomic E-state index is 12.6. The summed E-state index contributed by atoms with van der Waals surface area (Å²) >= 11 is 0. The number of sulfone groups is 1. The first-order chi connectivity index (χ1) is 11.8. The van der Waals surface area contributed by atoms with Gasteiger partial charge in [0.05, 0.1) is 16.2 Å². The van der Waals surface area contributed by atoms with Crippen molar-refractivity contribution in [3.63, 3.8) is 0 Å². The zero-order chi connectivity index (χ0) is 18.4. The molecule has 0 unspecified atom stereocenters. The molecule has 2 N–H and O–H groups in total. The van der Waals surface area contributed by atoms with E-state index in [-0.39, 0.29) is 22.1 Å². The molecule has 0 bridgehead atoms. The fourth-order valence-electron chi connectivity index (χ4n) is 2.38. The molecule has 0 aromatic heterocycles. The minimum atomic E-state index is -3.52. The molecule has 2 aromatic carbocycles. The molecule has 0 saturated heterocycles. The molecule has 2 aromatic rings. The van der Waals surface area contributed by atoms with E-state index in [0.29, 0.717) is 17.8 Å². The molecule has 6 nitrogen and oxygen atoms in total. The van der Waals surface area contributed by atoms with Crippen LogP contribution >= 0.6 is 0 Å². The van der Waals surface area contributed by atoms with E-state index in [0.717, 1.165) is 0 Å². The molecular formula is C18H20N2O4S.